The first kappa shape index (κ1) is 18.4. The van der Waals surface area contributed by atoms with E-state index in [2.05, 4.69) is 20.7 Å². The minimum atomic E-state index is -3.78. The summed E-state index contributed by atoms with van der Waals surface area (Å²) < 4.78 is 27.1. The molecule has 2 N–H and O–H groups in total. The molecule has 0 saturated heterocycles. The van der Waals surface area contributed by atoms with E-state index in [-0.39, 0.29) is 31.9 Å². The van der Waals surface area contributed by atoms with Crippen molar-refractivity contribution in [3.05, 3.63) is 27.2 Å². The molecule has 0 aliphatic rings. The van der Waals surface area contributed by atoms with Crippen molar-refractivity contribution < 1.29 is 18.3 Å². The monoisotopic (exact) mass is 397 g/mol. The van der Waals surface area contributed by atoms with Crippen molar-refractivity contribution in [3.63, 3.8) is 0 Å². The second-order valence-corrected chi connectivity index (χ2v) is 8.78. The predicted octanol–water partition coefficient (Wildman–Crippen LogP) is 3.52. The molecule has 1 aromatic carbocycles. The minimum absolute atomic E-state index is 0.00464. The Hall–Kier alpha value is -0.630. The number of nitrogens with one attached hydrogen (secondary N) is 1. The number of carboxylic acid groups (broad SMARTS) is 1. The largest absolute Gasteiger partial charge is 0.478 e. The van der Waals surface area contributed by atoms with Crippen LogP contribution in [0.15, 0.2) is 21.5 Å². The highest BCUT2D eigenvalue weighted by atomic mass is 79.9. The van der Waals surface area contributed by atoms with Crippen molar-refractivity contribution in [2.45, 2.75) is 32.1 Å². The van der Waals surface area contributed by atoms with Crippen LogP contribution in [-0.4, -0.2) is 26.0 Å². The summed E-state index contributed by atoms with van der Waals surface area (Å²) in [4.78, 5) is 10.9. The SMILES string of the molecule is CC(C)(C)CCNS(=O)(=O)c1cc(Br)c(Cl)c(C(=O)O)c1. The maximum absolute atomic E-state index is 12.2. The van der Waals surface area contributed by atoms with Crippen LogP contribution in [0, 0.1) is 5.41 Å². The zero-order valence-corrected chi connectivity index (χ0v) is 15.1. The zero-order valence-electron chi connectivity index (χ0n) is 11.9. The number of carbonyl (C=O) groups is 1. The van der Waals surface area contributed by atoms with Gasteiger partial charge in [0.2, 0.25) is 10.0 Å². The molecule has 0 amide bonds. The second-order valence-electron chi connectivity index (χ2n) is 5.78. The van der Waals surface area contributed by atoms with Gasteiger partial charge in [-0.1, -0.05) is 32.4 Å². The van der Waals surface area contributed by atoms with Gasteiger partial charge >= 0.3 is 5.97 Å². The highest BCUT2D eigenvalue weighted by Gasteiger charge is 2.21. The topological polar surface area (TPSA) is 83.5 Å². The van der Waals surface area contributed by atoms with Crippen molar-refractivity contribution >= 4 is 43.5 Å². The van der Waals surface area contributed by atoms with Crippen molar-refractivity contribution in [1.82, 2.24) is 4.72 Å². The van der Waals surface area contributed by atoms with E-state index in [0.29, 0.717) is 6.42 Å². The normalized spacial score (nSPS) is 12.4. The fourth-order valence-electron chi connectivity index (χ4n) is 1.52. The second kappa shape index (κ2) is 6.64. The average Bonchev–Trinajstić information content (AvgIpc) is 2.29. The van der Waals surface area contributed by atoms with Crippen LogP contribution in [0.2, 0.25) is 5.02 Å². The van der Waals surface area contributed by atoms with Gasteiger partial charge in [-0.2, -0.15) is 0 Å². The summed E-state index contributed by atoms with van der Waals surface area (Å²) in [5.74, 6) is -1.28. The lowest BCUT2D eigenvalue weighted by atomic mass is 9.93. The highest BCUT2D eigenvalue weighted by molar-refractivity contribution is 9.10. The Bertz CT molecular complexity index is 653. The third-order valence-electron chi connectivity index (χ3n) is 2.71. The molecule has 0 aliphatic carbocycles. The van der Waals surface area contributed by atoms with Crippen LogP contribution in [0.25, 0.3) is 0 Å². The van der Waals surface area contributed by atoms with Crippen LogP contribution in [0.5, 0.6) is 0 Å². The molecular formula is C13H17BrClNO4S. The Morgan fingerprint density at radius 2 is 1.95 bits per heavy atom. The maximum atomic E-state index is 12.2. The highest BCUT2D eigenvalue weighted by Crippen LogP contribution is 2.30. The van der Waals surface area contributed by atoms with E-state index in [1.54, 1.807) is 0 Å². The van der Waals surface area contributed by atoms with Crippen LogP contribution in [-0.2, 0) is 10.0 Å². The molecule has 0 bridgehead atoms. The van der Waals surface area contributed by atoms with E-state index in [4.69, 9.17) is 16.7 Å². The van der Waals surface area contributed by atoms with Gasteiger partial charge in [-0.3, -0.25) is 0 Å². The summed E-state index contributed by atoms with van der Waals surface area (Å²) in [6.07, 6.45) is 0.660. The lowest BCUT2D eigenvalue weighted by Crippen LogP contribution is -2.27. The number of rotatable bonds is 5. The van der Waals surface area contributed by atoms with Gasteiger partial charge in [0.05, 0.1) is 15.5 Å². The summed E-state index contributed by atoms with van der Waals surface area (Å²) >= 11 is 8.90. The van der Waals surface area contributed by atoms with Gasteiger partial charge in [0.15, 0.2) is 0 Å². The molecule has 0 heterocycles. The van der Waals surface area contributed by atoms with E-state index < -0.39 is 16.0 Å². The molecule has 0 spiro atoms. The number of benzene rings is 1. The van der Waals surface area contributed by atoms with Gasteiger partial charge in [0, 0.05) is 11.0 Å². The molecule has 1 rings (SSSR count). The molecular weight excluding hydrogens is 382 g/mol. The molecule has 0 fully saturated rings. The number of carboxylic acids is 1. The fourth-order valence-corrected chi connectivity index (χ4v) is 3.40. The van der Waals surface area contributed by atoms with Crippen LogP contribution < -0.4 is 4.72 Å². The van der Waals surface area contributed by atoms with Gasteiger partial charge in [0.25, 0.3) is 0 Å². The number of aromatic carboxylic acids is 1. The van der Waals surface area contributed by atoms with Crippen molar-refractivity contribution in [2.24, 2.45) is 5.41 Å². The molecule has 0 aliphatic heterocycles. The molecule has 1 aromatic rings. The Morgan fingerprint density at radius 3 is 2.43 bits per heavy atom. The van der Waals surface area contributed by atoms with E-state index in [9.17, 15) is 13.2 Å². The molecule has 8 heteroatoms. The average molecular weight is 399 g/mol. The first-order valence-electron chi connectivity index (χ1n) is 6.16. The van der Waals surface area contributed by atoms with Crippen LogP contribution in [0.3, 0.4) is 0 Å². The third-order valence-corrected chi connectivity index (χ3v) is 5.41. The molecule has 0 atom stereocenters. The zero-order chi connectivity index (χ0) is 16.4. The quantitative estimate of drug-likeness (QED) is 0.795. The molecule has 21 heavy (non-hydrogen) atoms. The predicted molar refractivity (Wildman–Crippen MR) is 85.4 cm³/mol. The Kier molecular flexibility index (Phi) is 5.83. The molecule has 0 radical (unpaired) electrons. The Balaban J connectivity index is 3.07. The first-order valence-corrected chi connectivity index (χ1v) is 8.81. The molecule has 0 aromatic heterocycles. The number of hydrogen-bond acceptors (Lipinski definition) is 3. The Labute approximate surface area is 137 Å². The molecule has 0 saturated carbocycles. The van der Waals surface area contributed by atoms with E-state index in [1.807, 2.05) is 20.8 Å². The third kappa shape index (κ3) is 5.25. The minimum Gasteiger partial charge on any atom is -0.478 e. The summed E-state index contributed by atoms with van der Waals surface area (Å²) in [7, 11) is -3.78. The van der Waals surface area contributed by atoms with E-state index in [1.165, 1.54) is 6.07 Å². The van der Waals surface area contributed by atoms with Crippen molar-refractivity contribution in [2.75, 3.05) is 6.54 Å². The van der Waals surface area contributed by atoms with E-state index >= 15 is 0 Å². The van der Waals surface area contributed by atoms with Crippen LogP contribution >= 0.6 is 27.5 Å². The summed E-state index contributed by atoms with van der Waals surface area (Å²) in [5, 5.41) is 9.01. The summed E-state index contributed by atoms with van der Waals surface area (Å²) in [5.41, 5.74) is -0.266. The molecule has 0 unspecified atom stereocenters. The number of halogens is 2. The van der Waals surface area contributed by atoms with Gasteiger partial charge in [0.1, 0.15) is 0 Å². The van der Waals surface area contributed by atoms with Crippen LogP contribution in [0.4, 0.5) is 0 Å². The molecule has 5 nitrogen and oxygen atoms in total. The van der Waals surface area contributed by atoms with Gasteiger partial charge in [-0.05, 0) is 39.9 Å². The number of sulfonamides is 1. The molecule has 118 valence electrons. The van der Waals surface area contributed by atoms with E-state index in [0.717, 1.165) is 6.07 Å². The lowest BCUT2D eigenvalue weighted by Gasteiger charge is -2.18. The standard InChI is InChI=1S/C13H17BrClNO4S/c1-13(2,3)4-5-16-21(19,20)8-6-9(12(17)18)11(15)10(14)7-8/h6-7,16H,4-5H2,1-3H3,(H,17,18). The first-order chi connectivity index (χ1) is 9.44. The summed E-state index contributed by atoms with van der Waals surface area (Å²) in [6, 6.07) is 2.34. The van der Waals surface area contributed by atoms with Gasteiger partial charge in [-0.25, -0.2) is 17.9 Å². The number of hydrogen-bond donors (Lipinski definition) is 2. The summed E-state index contributed by atoms with van der Waals surface area (Å²) in [6.45, 7) is 6.28. The van der Waals surface area contributed by atoms with Crippen molar-refractivity contribution in [3.8, 4) is 0 Å². The lowest BCUT2D eigenvalue weighted by molar-refractivity contribution is 0.0696. The maximum Gasteiger partial charge on any atom is 0.337 e. The van der Waals surface area contributed by atoms with Crippen LogP contribution in [0.1, 0.15) is 37.6 Å². The van der Waals surface area contributed by atoms with Crippen molar-refractivity contribution in [1.29, 1.82) is 0 Å². The fraction of sp³-hybridized carbons (Fsp3) is 0.462. The Morgan fingerprint density at radius 1 is 1.38 bits per heavy atom. The van der Waals surface area contributed by atoms with Gasteiger partial charge < -0.3 is 5.11 Å². The smallest absolute Gasteiger partial charge is 0.337 e. The van der Waals surface area contributed by atoms with Gasteiger partial charge in [-0.15, -0.1) is 0 Å².